The van der Waals surface area contributed by atoms with Crippen molar-refractivity contribution in [2.75, 3.05) is 12.9 Å². The SMILES string of the molecule is COc1cccc(CNC(=O)CSc2ccccc2O)c1. The maximum atomic E-state index is 11.8. The molecule has 21 heavy (non-hydrogen) atoms. The number of phenols is 1. The van der Waals surface area contributed by atoms with Crippen molar-refractivity contribution in [2.24, 2.45) is 0 Å². The molecule has 0 atom stereocenters. The Labute approximate surface area is 128 Å². The second-order valence-corrected chi connectivity index (χ2v) is 5.40. The van der Waals surface area contributed by atoms with E-state index in [-0.39, 0.29) is 17.4 Å². The molecule has 1 amide bonds. The van der Waals surface area contributed by atoms with Crippen LogP contribution in [0.15, 0.2) is 53.4 Å². The average Bonchev–Trinajstić information content (AvgIpc) is 2.52. The summed E-state index contributed by atoms with van der Waals surface area (Å²) in [6.45, 7) is 0.456. The number of hydrogen-bond donors (Lipinski definition) is 2. The summed E-state index contributed by atoms with van der Waals surface area (Å²) in [6, 6.07) is 14.5. The third-order valence-electron chi connectivity index (χ3n) is 2.85. The van der Waals surface area contributed by atoms with Gasteiger partial charge in [0.15, 0.2) is 0 Å². The van der Waals surface area contributed by atoms with Crippen LogP contribution in [0.1, 0.15) is 5.56 Å². The molecule has 0 aliphatic heterocycles. The molecule has 0 saturated heterocycles. The third kappa shape index (κ3) is 4.72. The highest BCUT2D eigenvalue weighted by Gasteiger charge is 2.06. The first-order valence-corrected chi connectivity index (χ1v) is 7.48. The Morgan fingerprint density at radius 2 is 2.05 bits per heavy atom. The van der Waals surface area contributed by atoms with Gasteiger partial charge in [0.05, 0.1) is 12.9 Å². The fourth-order valence-corrected chi connectivity index (χ4v) is 2.54. The normalized spacial score (nSPS) is 10.1. The number of hydrogen-bond acceptors (Lipinski definition) is 4. The monoisotopic (exact) mass is 303 g/mol. The summed E-state index contributed by atoms with van der Waals surface area (Å²) >= 11 is 1.31. The Kier molecular flexibility index (Phi) is 5.51. The van der Waals surface area contributed by atoms with Crippen LogP contribution in [0.2, 0.25) is 0 Å². The first-order valence-electron chi connectivity index (χ1n) is 6.49. The van der Waals surface area contributed by atoms with Crippen molar-refractivity contribution in [1.29, 1.82) is 0 Å². The van der Waals surface area contributed by atoms with Crippen LogP contribution in [0.25, 0.3) is 0 Å². The number of carbonyl (C=O) groups is 1. The number of rotatable bonds is 6. The zero-order chi connectivity index (χ0) is 15.1. The highest BCUT2D eigenvalue weighted by Crippen LogP contribution is 2.27. The van der Waals surface area contributed by atoms with Crippen LogP contribution in [-0.4, -0.2) is 23.9 Å². The number of methoxy groups -OCH3 is 1. The molecule has 0 aliphatic rings. The lowest BCUT2D eigenvalue weighted by Crippen LogP contribution is -2.24. The highest BCUT2D eigenvalue weighted by molar-refractivity contribution is 8.00. The van der Waals surface area contributed by atoms with E-state index in [0.29, 0.717) is 11.4 Å². The second kappa shape index (κ2) is 7.59. The number of phenolic OH excluding ortho intramolecular Hbond substituents is 1. The summed E-state index contributed by atoms with van der Waals surface area (Å²) in [5.41, 5.74) is 0.982. The molecular weight excluding hydrogens is 286 g/mol. The van der Waals surface area contributed by atoms with Crippen LogP contribution in [0, 0.1) is 0 Å². The number of nitrogens with one attached hydrogen (secondary N) is 1. The molecule has 0 aliphatic carbocycles. The maximum Gasteiger partial charge on any atom is 0.230 e. The van der Waals surface area contributed by atoms with Gasteiger partial charge >= 0.3 is 0 Å². The molecule has 0 spiro atoms. The molecular formula is C16H17NO3S. The Bertz CT molecular complexity index is 616. The van der Waals surface area contributed by atoms with Crippen LogP contribution >= 0.6 is 11.8 Å². The minimum absolute atomic E-state index is 0.0777. The minimum atomic E-state index is -0.0777. The van der Waals surface area contributed by atoms with Crippen LogP contribution in [0.4, 0.5) is 0 Å². The zero-order valence-electron chi connectivity index (χ0n) is 11.7. The molecule has 0 bridgehead atoms. The van der Waals surface area contributed by atoms with Gasteiger partial charge in [-0.1, -0.05) is 24.3 Å². The molecule has 5 heteroatoms. The van der Waals surface area contributed by atoms with Crippen molar-refractivity contribution in [1.82, 2.24) is 5.32 Å². The van der Waals surface area contributed by atoms with Crippen molar-refractivity contribution in [3.63, 3.8) is 0 Å². The zero-order valence-corrected chi connectivity index (χ0v) is 12.5. The van der Waals surface area contributed by atoms with Gasteiger partial charge in [0, 0.05) is 11.4 Å². The van der Waals surface area contributed by atoms with E-state index < -0.39 is 0 Å². The molecule has 0 heterocycles. The van der Waals surface area contributed by atoms with Gasteiger partial charge in [-0.2, -0.15) is 0 Å². The Hall–Kier alpha value is -2.14. The Morgan fingerprint density at radius 3 is 2.81 bits per heavy atom. The molecule has 2 aromatic rings. The highest BCUT2D eigenvalue weighted by atomic mass is 32.2. The number of para-hydroxylation sites is 1. The maximum absolute atomic E-state index is 11.8. The topological polar surface area (TPSA) is 58.6 Å². The number of ether oxygens (including phenoxy) is 1. The van der Waals surface area contributed by atoms with Crippen molar-refractivity contribution >= 4 is 17.7 Å². The van der Waals surface area contributed by atoms with E-state index in [1.807, 2.05) is 30.3 Å². The molecule has 110 valence electrons. The van der Waals surface area contributed by atoms with Crippen molar-refractivity contribution in [3.8, 4) is 11.5 Å². The van der Waals surface area contributed by atoms with Crippen LogP contribution in [-0.2, 0) is 11.3 Å². The van der Waals surface area contributed by atoms with E-state index >= 15 is 0 Å². The number of carbonyl (C=O) groups excluding carboxylic acids is 1. The first kappa shape index (κ1) is 15.3. The third-order valence-corrected chi connectivity index (χ3v) is 3.91. The van der Waals surface area contributed by atoms with Gasteiger partial charge in [-0.15, -0.1) is 11.8 Å². The molecule has 2 aromatic carbocycles. The summed E-state index contributed by atoms with van der Waals surface area (Å²) in [4.78, 5) is 12.5. The Balaban J connectivity index is 1.81. The average molecular weight is 303 g/mol. The summed E-state index contributed by atoms with van der Waals surface area (Å²) in [7, 11) is 1.61. The van der Waals surface area contributed by atoms with Crippen molar-refractivity contribution in [2.45, 2.75) is 11.4 Å². The molecule has 0 radical (unpaired) electrons. The van der Waals surface area contributed by atoms with Crippen molar-refractivity contribution < 1.29 is 14.6 Å². The lowest BCUT2D eigenvalue weighted by atomic mass is 10.2. The van der Waals surface area contributed by atoms with Crippen molar-refractivity contribution in [3.05, 3.63) is 54.1 Å². The molecule has 4 nitrogen and oxygen atoms in total. The van der Waals surface area contributed by atoms with Gasteiger partial charge in [0.1, 0.15) is 11.5 Å². The van der Waals surface area contributed by atoms with Crippen LogP contribution < -0.4 is 10.1 Å². The fourth-order valence-electron chi connectivity index (χ4n) is 1.76. The minimum Gasteiger partial charge on any atom is -0.507 e. The van der Waals surface area contributed by atoms with E-state index in [2.05, 4.69) is 5.32 Å². The predicted molar refractivity (Wildman–Crippen MR) is 83.7 cm³/mol. The molecule has 0 saturated carbocycles. The van der Waals surface area contributed by atoms with Crippen LogP contribution in [0.5, 0.6) is 11.5 Å². The standard InChI is InChI=1S/C16H17NO3S/c1-20-13-6-4-5-12(9-13)10-17-16(19)11-21-15-8-3-2-7-14(15)18/h2-9,18H,10-11H2,1H3,(H,17,19). The van der Waals surface area contributed by atoms with E-state index in [4.69, 9.17) is 4.74 Å². The molecule has 2 rings (SSSR count). The Morgan fingerprint density at radius 1 is 1.24 bits per heavy atom. The fraction of sp³-hybridized carbons (Fsp3) is 0.188. The summed E-state index contributed by atoms with van der Waals surface area (Å²) < 4.78 is 5.14. The predicted octanol–water partition coefficient (Wildman–Crippen LogP) is 2.81. The number of benzene rings is 2. The summed E-state index contributed by atoms with van der Waals surface area (Å²) in [6.07, 6.45) is 0. The van der Waals surface area contributed by atoms with Gasteiger partial charge in [-0.25, -0.2) is 0 Å². The number of amides is 1. The summed E-state index contributed by atoms with van der Waals surface area (Å²) in [5, 5.41) is 12.5. The molecule has 0 aromatic heterocycles. The van der Waals surface area contributed by atoms with E-state index in [9.17, 15) is 9.90 Å². The van der Waals surface area contributed by atoms with Gasteiger partial charge in [0.25, 0.3) is 0 Å². The van der Waals surface area contributed by atoms with Gasteiger partial charge in [0.2, 0.25) is 5.91 Å². The smallest absolute Gasteiger partial charge is 0.230 e. The lowest BCUT2D eigenvalue weighted by molar-refractivity contribution is -0.118. The van der Waals surface area contributed by atoms with Gasteiger partial charge in [-0.05, 0) is 29.8 Å². The number of thioether (sulfide) groups is 1. The van der Waals surface area contributed by atoms with E-state index in [1.165, 1.54) is 11.8 Å². The van der Waals surface area contributed by atoms with Crippen LogP contribution in [0.3, 0.4) is 0 Å². The van der Waals surface area contributed by atoms with Gasteiger partial charge < -0.3 is 15.2 Å². The summed E-state index contributed by atoms with van der Waals surface area (Å²) in [5.74, 6) is 1.15. The second-order valence-electron chi connectivity index (χ2n) is 4.38. The molecule has 0 fully saturated rings. The lowest BCUT2D eigenvalue weighted by Gasteiger charge is -2.07. The largest absolute Gasteiger partial charge is 0.507 e. The number of aromatic hydroxyl groups is 1. The van der Waals surface area contributed by atoms with Gasteiger partial charge in [-0.3, -0.25) is 4.79 Å². The molecule has 2 N–H and O–H groups in total. The van der Waals surface area contributed by atoms with E-state index in [1.54, 1.807) is 25.3 Å². The van der Waals surface area contributed by atoms with E-state index in [0.717, 1.165) is 11.3 Å². The first-order chi connectivity index (χ1) is 10.2. The molecule has 0 unspecified atom stereocenters. The quantitative estimate of drug-likeness (QED) is 0.806.